The Hall–Kier alpha value is 0.0800. The SMILES string of the molecule is S=P1(Cl)OCc2ccccc2CO1. The van der Waals surface area contributed by atoms with Crippen LogP contribution in [0.3, 0.4) is 0 Å². The monoisotopic (exact) mass is 234 g/mol. The molecule has 0 aliphatic carbocycles. The lowest BCUT2D eigenvalue weighted by atomic mass is 10.1. The number of fused-ring (bicyclic) bond motifs is 1. The summed E-state index contributed by atoms with van der Waals surface area (Å²) in [6.45, 7) is 0.911. The van der Waals surface area contributed by atoms with Crippen molar-refractivity contribution in [1.29, 1.82) is 0 Å². The number of hydrogen-bond donors (Lipinski definition) is 0. The van der Waals surface area contributed by atoms with Crippen molar-refractivity contribution in [2.45, 2.75) is 13.2 Å². The summed E-state index contributed by atoms with van der Waals surface area (Å²) in [5, 5.41) is 0. The second-order valence-electron chi connectivity index (χ2n) is 2.75. The largest absolute Gasteiger partial charge is 0.313 e. The minimum absolute atomic E-state index is 0.455. The molecule has 5 heteroatoms. The first kappa shape index (κ1) is 9.63. The zero-order chi connectivity index (χ0) is 9.31. The molecular formula is C8H8ClO2PS. The van der Waals surface area contributed by atoms with E-state index >= 15 is 0 Å². The van der Waals surface area contributed by atoms with E-state index in [1.54, 1.807) is 0 Å². The van der Waals surface area contributed by atoms with E-state index in [0.717, 1.165) is 11.1 Å². The Labute approximate surface area is 86.8 Å². The van der Waals surface area contributed by atoms with Gasteiger partial charge in [0.2, 0.25) is 0 Å². The van der Waals surface area contributed by atoms with Gasteiger partial charge in [-0.05, 0) is 34.2 Å². The molecule has 0 unspecified atom stereocenters. The third kappa shape index (κ3) is 2.30. The number of benzene rings is 1. The zero-order valence-corrected chi connectivity index (χ0v) is 9.24. The van der Waals surface area contributed by atoms with Gasteiger partial charge >= 0.3 is 0 Å². The second kappa shape index (κ2) is 3.68. The number of hydrogen-bond acceptors (Lipinski definition) is 3. The predicted octanol–water partition coefficient (Wildman–Crippen LogP) is 3.20. The van der Waals surface area contributed by atoms with Crippen molar-refractivity contribution in [3.8, 4) is 0 Å². The fraction of sp³-hybridized carbons (Fsp3) is 0.250. The average molecular weight is 235 g/mol. The van der Waals surface area contributed by atoms with Gasteiger partial charge in [0, 0.05) is 0 Å². The van der Waals surface area contributed by atoms with Gasteiger partial charge in [-0.3, -0.25) is 0 Å². The fourth-order valence-electron chi connectivity index (χ4n) is 1.17. The van der Waals surface area contributed by atoms with Crippen molar-refractivity contribution in [1.82, 2.24) is 0 Å². The molecule has 0 N–H and O–H groups in total. The Morgan fingerprint density at radius 2 is 1.62 bits per heavy atom. The van der Waals surface area contributed by atoms with Crippen molar-refractivity contribution in [3.05, 3.63) is 35.4 Å². The molecule has 0 spiro atoms. The van der Waals surface area contributed by atoms with Crippen molar-refractivity contribution in [3.63, 3.8) is 0 Å². The lowest BCUT2D eigenvalue weighted by Crippen LogP contribution is -1.89. The summed E-state index contributed by atoms with van der Waals surface area (Å²) in [5.41, 5.74) is 2.21. The lowest BCUT2D eigenvalue weighted by Gasteiger charge is -2.09. The normalized spacial score (nSPS) is 20.4. The van der Waals surface area contributed by atoms with E-state index < -0.39 is 5.84 Å². The summed E-state index contributed by atoms with van der Waals surface area (Å²) in [6, 6.07) is 7.92. The van der Waals surface area contributed by atoms with Gasteiger partial charge in [0.25, 0.3) is 5.84 Å². The molecule has 2 nitrogen and oxygen atoms in total. The van der Waals surface area contributed by atoms with Crippen LogP contribution >= 0.6 is 17.1 Å². The molecular weight excluding hydrogens is 227 g/mol. The highest BCUT2D eigenvalue weighted by Gasteiger charge is 2.20. The minimum Gasteiger partial charge on any atom is -0.313 e. The van der Waals surface area contributed by atoms with E-state index in [9.17, 15) is 0 Å². The Balaban J connectivity index is 2.32. The summed E-state index contributed by atoms with van der Waals surface area (Å²) < 4.78 is 10.6. The van der Waals surface area contributed by atoms with Crippen LogP contribution in [0.5, 0.6) is 0 Å². The topological polar surface area (TPSA) is 18.5 Å². The van der Waals surface area contributed by atoms with Crippen molar-refractivity contribution < 1.29 is 9.05 Å². The summed E-state index contributed by atoms with van der Waals surface area (Å²) in [6.07, 6.45) is 0. The van der Waals surface area contributed by atoms with Crippen LogP contribution in [0.4, 0.5) is 0 Å². The van der Waals surface area contributed by atoms with Crippen LogP contribution in [-0.4, -0.2) is 0 Å². The van der Waals surface area contributed by atoms with Crippen molar-refractivity contribution in [2.75, 3.05) is 0 Å². The number of rotatable bonds is 0. The molecule has 1 aliphatic rings. The third-order valence-electron chi connectivity index (χ3n) is 1.87. The molecule has 0 saturated heterocycles. The fourth-order valence-corrected chi connectivity index (χ4v) is 2.44. The second-order valence-corrected chi connectivity index (χ2v) is 7.50. The van der Waals surface area contributed by atoms with Gasteiger partial charge in [-0.2, -0.15) is 0 Å². The van der Waals surface area contributed by atoms with Crippen LogP contribution in [0.25, 0.3) is 0 Å². The summed E-state index contributed by atoms with van der Waals surface area (Å²) in [7, 11) is 0. The molecule has 1 heterocycles. The van der Waals surface area contributed by atoms with Crippen molar-refractivity contribution in [2.24, 2.45) is 0 Å². The van der Waals surface area contributed by atoms with Crippen LogP contribution in [0.1, 0.15) is 11.1 Å². The molecule has 1 aromatic rings. The maximum atomic E-state index is 5.85. The van der Waals surface area contributed by atoms with E-state index in [1.165, 1.54) is 0 Å². The first-order valence-electron chi connectivity index (χ1n) is 3.83. The molecule has 0 saturated carbocycles. The molecule has 70 valence electrons. The van der Waals surface area contributed by atoms with Crippen molar-refractivity contribution >= 4 is 28.9 Å². The Bertz CT molecular complexity index is 338. The summed E-state index contributed by atoms with van der Waals surface area (Å²) in [5.74, 6) is -2.51. The van der Waals surface area contributed by atoms with Crippen LogP contribution < -0.4 is 0 Å². The predicted molar refractivity (Wildman–Crippen MR) is 56.2 cm³/mol. The van der Waals surface area contributed by atoms with E-state index in [-0.39, 0.29) is 0 Å². The van der Waals surface area contributed by atoms with E-state index in [2.05, 4.69) is 0 Å². The highest BCUT2D eigenvalue weighted by molar-refractivity contribution is 8.22. The maximum Gasteiger partial charge on any atom is 0.282 e. The highest BCUT2D eigenvalue weighted by Crippen LogP contribution is 2.56. The summed E-state index contributed by atoms with van der Waals surface area (Å²) in [4.78, 5) is 0. The smallest absolute Gasteiger partial charge is 0.282 e. The maximum absolute atomic E-state index is 5.85. The quantitative estimate of drug-likeness (QED) is 0.643. The first-order chi connectivity index (χ1) is 6.17. The molecule has 0 radical (unpaired) electrons. The molecule has 13 heavy (non-hydrogen) atoms. The standard InChI is InChI=1S/C8H8ClO2PS/c9-12(13)10-5-7-3-1-2-4-8(7)6-11-12/h1-4H,5-6H2. The van der Waals surface area contributed by atoms with Crippen LogP contribution in [0.2, 0.25) is 0 Å². The van der Waals surface area contributed by atoms with Gasteiger partial charge in [0.1, 0.15) is 0 Å². The first-order valence-corrected chi connectivity index (χ1v) is 7.37. The molecule has 0 aromatic heterocycles. The van der Waals surface area contributed by atoms with E-state index in [0.29, 0.717) is 13.2 Å². The third-order valence-corrected chi connectivity index (χ3v) is 3.96. The Morgan fingerprint density at radius 1 is 1.15 bits per heavy atom. The number of halogens is 1. The van der Waals surface area contributed by atoms with E-state index in [4.69, 9.17) is 32.1 Å². The van der Waals surface area contributed by atoms with Gasteiger partial charge in [-0.25, -0.2) is 0 Å². The molecule has 1 aliphatic heterocycles. The summed E-state index contributed by atoms with van der Waals surface area (Å²) >= 11 is 10.8. The van der Waals surface area contributed by atoms with E-state index in [1.807, 2.05) is 24.3 Å². The van der Waals surface area contributed by atoms with Gasteiger partial charge in [-0.1, -0.05) is 24.3 Å². The van der Waals surface area contributed by atoms with Gasteiger partial charge in [-0.15, -0.1) is 0 Å². The Morgan fingerprint density at radius 3 is 2.08 bits per heavy atom. The van der Waals surface area contributed by atoms with Gasteiger partial charge in [0.05, 0.1) is 13.2 Å². The van der Waals surface area contributed by atoms with Crippen LogP contribution in [0, 0.1) is 0 Å². The highest BCUT2D eigenvalue weighted by atomic mass is 35.7. The lowest BCUT2D eigenvalue weighted by molar-refractivity contribution is 0.264. The molecule has 0 atom stereocenters. The average Bonchev–Trinajstić information content (AvgIpc) is 2.27. The Kier molecular flexibility index (Phi) is 2.72. The van der Waals surface area contributed by atoms with Crippen LogP contribution in [0.15, 0.2) is 24.3 Å². The molecule has 2 rings (SSSR count). The zero-order valence-electron chi connectivity index (χ0n) is 6.77. The van der Waals surface area contributed by atoms with Crippen LogP contribution in [-0.2, 0) is 34.1 Å². The molecule has 0 bridgehead atoms. The van der Waals surface area contributed by atoms with Gasteiger partial charge in [0.15, 0.2) is 0 Å². The molecule has 0 fully saturated rings. The molecule has 1 aromatic carbocycles. The van der Waals surface area contributed by atoms with Gasteiger partial charge < -0.3 is 9.05 Å². The molecule has 0 amide bonds. The minimum atomic E-state index is -2.51.